The van der Waals surface area contributed by atoms with Crippen LogP contribution in [0.1, 0.15) is 0 Å². The van der Waals surface area contributed by atoms with Crippen LogP contribution < -0.4 is 4.74 Å². The van der Waals surface area contributed by atoms with Gasteiger partial charge in [0.25, 0.3) is 0 Å². The first-order chi connectivity index (χ1) is 6.86. The lowest BCUT2D eigenvalue weighted by atomic mass is 10.3. The Morgan fingerprint density at radius 1 is 1.36 bits per heavy atom. The van der Waals surface area contributed by atoms with E-state index in [1.165, 1.54) is 6.26 Å². The summed E-state index contributed by atoms with van der Waals surface area (Å²) in [5.74, 6) is 0.779. The van der Waals surface area contributed by atoms with Crippen LogP contribution in [0.25, 0.3) is 0 Å². The van der Waals surface area contributed by atoms with Crippen LogP contribution in [0.2, 0.25) is 0 Å². The zero-order valence-corrected chi connectivity index (χ0v) is 7.54. The number of hydrogen-bond donors (Lipinski definition) is 1. The smallest absolute Gasteiger partial charge is 0.129 e. The first-order valence-electron chi connectivity index (χ1n) is 4.35. The molecule has 1 atom stereocenters. The van der Waals surface area contributed by atoms with Crippen LogP contribution in [0.5, 0.6) is 5.75 Å². The highest BCUT2D eigenvalue weighted by molar-refractivity contribution is 5.21. The zero-order valence-electron chi connectivity index (χ0n) is 7.54. The molecule has 0 amide bonds. The third kappa shape index (κ3) is 2.04. The van der Waals surface area contributed by atoms with Crippen LogP contribution in [0, 0.1) is 0 Å². The minimum Gasteiger partial charge on any atom is -0.491 e. The fourth-order valence-electron chi connectivity index (χ4n) is 1.16. The molecule has 1 unspecified atom stereocenters. The summed E-state index contributed by atoms with van der Waals surface area (Å²) in [5, 5.41) is 9.90. The van der Waals surface area contributed by atoms with Crippen molar-refractivity contribution in [2.45, 2.75) is 6.04 Å². The zero-order chi connectivity index (χ0) is 9.80. The molecule has 0 saturated heterocycles. The first kappa shape index (κ1) is 9.05. The van der Waals surface area contributed by atoms with Crippen LogP contribution in [-0.2, 0) is 4.84 Å². The van der Waals surface area contributed by atoms with Crippen LogP contribution in [0.15, 0.2) is 42.7 Å². The largest absolute Gasteiger partial charge is 0.491 e. The predicted octanol–water partition coefficient (Wildman–Crippen LogP) is 1.58. The second-order valence-electron chi connectivity index (χ2n) is 2.93. The summed E-state index contributed by atoms with van der Waals surface area (Å²) in [6, 6.07) is 9.20. The number of benzene rings is 1. The van der Waals surface area contributed by atoms with Gasteiger partial charge in [0, 0.05) is 0 Å². The van der Waals surface area contributed by atoms with Gasteiger partial charge in [0.15, 0.2) is 0 Å². The molecule has 2 rings (SSSR count). The molecule has 0 saturated carbocycles. The molecule has 4 heteroatoms. The van der Waals surface area contributed by atoms with Gasteiger partial charge in [-0.2, -0.15) is 0 Å². The fraction of sp³-hybridized carbons (Fsp3) is 0.200. The molecule has 0 fully saturated rings. The Bertz CT molecular complexity index is 312. The van der Waals surface area contributed by atoms with Gasteiger partial charge in [-0.1, -0.05) is 18.2 Å². The maximum absolute atomic E-state index is 9.14. The summed E-state index contributed by atoms with van der Waals surface area (Å²) in [7, 11) is 0. The van der Waals surface area contributed by atoms with E-state index in [4.69, 9.17) is 9.94 Å². The minimum absolute atomic E-state index is 0.241. The van der Waals surface area contributed by atoms with E-state index >= 15 is 0 Å². The van der Waals surface area contributed by atoms with Crippen molar-refractivity contribution in [3.8, 4) is 5.75 Å². The van der Waals surface area contributed by atoms with Gasteiger partial charge in [-0.25, -0.2) is 0 Å². The van der Waals surface area contributed by atoms with Gasteiger partial charge in [-0.3, -0.25) is 5.21 Å². The maximum atomic E-state index is 9.14. The van der Waals surface area contributed by atoms with Gasteiger partial charge >= 0.3 is 0 Å². The molecule has 0 spiro atoms. The van der Waals surface area contributed by atoms with E-state index in [1.807, 2.05) is 30.3 Å². The molecule has 74 valence electrons. The number of ether oxygens (including phenoxy) is 1. The summed E-state index contributed by atoms with van der Waals surface area (Å²) in [6.07, 6.45) is 3.15. The summed E-state index contributed by atoms with van der Waals surface area (Å²) >= 11 is 0. The molecule has 0 aromatic heterocycles. The highest BCUT2D eigenvalue weighted by Crippen LogP contribution is 2.12. The Morgan fingerprint density at radius 3 is 2.79 bits per heavy atom. The normalized spacial score (nSPS) is 20.8. The molecule has 0 aliphatic carbocycles. The summed E-state index contributed by atoms with van der Waals surface area (Å²) < 4.78 is 5.43. The monoisotopic (exact) mass is 193 g/mol. The molecule has 1 aromatic carbocycles. The lowest BCUT2D eigenvalue weighted by molar-refractivity contribution is -0.315. The Labute approximate surface area is 81.9 Å². The van der Waals surface area contributed by atoms with Crippen molar-refractivity contribution in [3.63, 3.8) is 0 Å². The van der Waals surface area contributed by atoms with Gasteiger partial charge in [-0.15, -0.1) is 0 Å². The highest BCUT2D eigenvalue weighted by atomic mass is 16.9. The average molecular weight is 193 g/mol. The molecule has 1 aliphatic heterocycles. The Morgan fingerprint density at radius 2 is 2.14 bits per heavy atom. The quantitative estimate of drug-likeness (QED) is 0.791. The predicted molar refractivity (Wildman–Crippen MR) is 49.6 cm³/mol. The van der Waals surface area contributed by atoms with Crippen molar-refractivity contribution in [2.24, 2.45) is 0 Å². The second-order valence-corrected chi connectivity index (χ2v) is 2.93. The summed E-state index contributed by atoms with van der Waals surface area (Å²) in [6.45, 7) is 0.358. The van der Waals surface area contributed by atoms with E-state index < -0.39 is 0 Å². The third-order valence-electron chi connectivity index (χ3n) is 1.92. The van der Waals surface area contributed by atoms with Crippen LogP contribution in [0.3, 0.4) is 0 Å². The van der Waals surface area contributed by atoms with E-state index in [-0.39, 0.29) is 6.04 Å². The van der Waals surface area contributed by atoms with E-state index in [0.29, 0.717) is 6.61 Å². The molecule has 1 heterocycles. The first-order valence-corrected chi connectivity index (χ1v) is 4.35. The second kappa shape index (κ2) is 4.13. The standard InChI is InChI=1S/C10H11NO3/c12-11-9(6-7-14-11)8-13-10-4-2-1-3-5-10/h1-7,9,12H,8H2. The van der Waals surface area contributed by atoms with Gasteiger partial charge in [0.2, 0.25) is 0 Å². The molecule has 1 aliphatic rings. The lowest BCUT2D eigenvalue weighted by Crippen LogP contribution is -2.30. The van der Waals surface area contributed by atoms with Crippen molar-refractivity contribution in [1.82, 2.24) is 5.23 Å². The lowest BCUT2D eigenvalue weighted by Gasteiger charge is -2.15. The van der Waals surface area contributed by atoms with Crippen LogP contribution >= 0.6 is 0 Å². The summed E-state index contributed by atoms with van der Waals surface area (Å²) in [5.41, 5.74) is 0. The molecule has 1 N–H and O–H groups in total. The van der Waals surface area contributed by atoms with E-state index in [1.54, 1.807) is 6.08 Å². The minimum atomic E-state index is -0.241. The Kier molecular flexibility index (Phi) is 2.67. The summed E-state index contributed by atoms with van der Waals surface area (Å²) in [4.78, 5) is 4.68. The number of para-hydroxylation sites is 1. The fourth-order valence-corrected chi connectivity index (χ4v) is 1.16. The molecule has 0 radical (unpaired) electrons. The van der Waals surface area contributed by atoms with Crippen molar-refractivity contribution < 1.29 is 14.8 Å². The van der Waals surface area contributed by atoms with Gasteiger partial charge in [0.1, 0.15) is 24.7 Å². The van der Waals surface area contributed by atoms with Gasteiger partial charge in [-0.05, 0) is 23.4 Å². The SMILES string of the molecule is ON1OC=CC1COc1ccccc1. The van der Waals surface area contributed by atoms with Crippen molar-refractivity contribution in [3.05, 3.63) is 42.7 Å². The third-order valence-corrected chi connectivity index (χ3v) is 1.92. The number of hydrogen-bond acceptors (Lipinski definition) is 4. The molecule has 0 bridgehead atoms. The molecule has 4 nitrogen and oxygen atoms in total. The van der Waals surface area contributed by atoms with E-state index in [9.17, 15) is 0 Å². The number of rotatable bonds is 3. The van der Waals surface area contributed by atoms with Gasteiger partial charge < -0.3 is 9.57 Å². The number of nitrogens with zero attached hydrogens (tertiary/aromatic N) is 1. The highest BCUT2D eigenvalue weighted by Gasteiger charge is 2.20. The average Bonchev–Trinajstić information content (AvgIpc) is 2.63. The molecular weight excluding hydrogens is 182 g/mol. The van der Waals surface area contributed by atoms with Gasteiger partial charge in [0.05, 0.1) is 0 Å². The van der Waals surface area contributed by atoms with Crippen LogP contribution in [-0.4, -0.2) is 23.1 Å². The number of hydroxylamine groups is 2. The van der Waals surface area contributed by atoms with E-state index in [2.05, 4.69) is 4.84 Å². The van der Waals surface area contributed by atoms with E-state index in [0.717, 1.165) is 11.0 Å². The van der Waals surface area contributed by atoms with Crippen molar-refractivity contribution in [2.75, 3.05) is 6.61 Å². The van der Waals surface area contributed by atoms with Crippen molar-refractivity contribution >= 4 is 0 Å². The topological polar surface area (TPSA) is 41.9 Å². The van der Waals surface area contributed by atoms with Crippen LogP contribution in [0.4, 0.5) is 0 Å². The van der Waals surface area contributed by atoms with Crippen molar-refractivity contribution in [1.29, 1.82) is 0 Å². The Hall–Kier alpha value is -1.52. The maximum Gasteiger partial charge on any atom is 0.129 e. The Balaban J connectivity index is 1.86. The molecule has 1 aromatic rings. The molecule has 14 heavy (non-hydrogen) atoms. The molecular formula is C10H11NO3.